The predicted octanol–water partition coefficient (Wildman–Crippen LogP) is 0.325. The standard InChI is InChI=1S/C5H14N2S/c1-6(2)4-5-7(3)8/h8H,4-5H2,1-3H3. The zero-order valence-corrected chi connectivity index (χ0v) is 6.65. The van der Waals surface area contributed by atoms with Crippen LogP contribution in [0.3, 0.4) is 0 Å². The van der Waals surface area contributed by atoms with E-state index >= 15 is 0 Å². The van der Waals surface area contributed by atoms with Crippen LogP contribution in [0.5, 0.6) is 0 Å². The Morgan fingerprint density at radius 3 is 1.75 bits per heavy atom. The van der Waals surface area contributed by atoms with E-state index in [4.69, 9.17) is 0 Å². The molecule has 0 amide bonds. The van der Waals surface area contributed by atoms with Crippen molar-refractivity contribution in [1.82, 2.24) is 9.21 Å². The quantitative estimate of drug-likeness (QED) is 0.556. The number of hydrogen-bond acceptors (Lipinski definition) is 3. The first-order valence-electron chi connectivity index (χ1n) is 2.67. The predicted molar refractivity (Wildman–Crippen MR) is 40.2 cm³/mol. The molecule has 0 aliphatic heterocycles. The van der Waals surface area contributed by atoms with E-state index in [0.717, 1.165) is 13.1 Å². The average molecular weight is 134 g/mol. The topological polar surface area (TPSA) is 6.48 Å². The fraction of sp³-hybridized carbons (Fsp3) is 1.00. The van der Waals surface area contributed by atoms with Gasteiger partial charge in [-0.15, -0.1) is 0 Å². The Labute approximate surface area is 57.0 Å². The minimum atomic E-state index is 1.01. The second-order valence-corrected chi connectivity index (χ2v) is 2.87. The summed E-state index contributed by atoms with van der Waals surface area (Å²) in [4.78, 5) is 2.13. The molecule has 0 saturated carbocycles. The molecule has 0 saturated heterocycles. The van der Waals surface area contributed by atoms with Crippen LogP contribution in [0.1, 0.15) is 0 Å². The van der Waals surface area contributed by atoms with Crippen molar-refractivity contribution >= 4 is 12.8 Å². The Morgan fingerprint density at radius 2 is 1.62 bits per heavy atom. The van der Waals surface area contributed by atoms with Gasteiger partial charge in [0.2, 0.25) is 0 Å². The highest BCUT2D eigenvalue weighted by atomic mass is 32.1. The van der Waals surface area contributed by atoms with Crippen LogP contribution in [0, 0.1) is 0 Å². The summed E-state index contributed by atoms with van der Waals surface area (Å²) in [6, 6.07) is 0. The summed E-state index contributed by atoms with van der Waals surface area (Å²) in [7, 11) is 6.06. The van der Waals surface area contributed by atoms with Gasteiger partial charge < -0.3 is 4.90 Å². The van der Waals surface area contributed by atoms with E-state index in [2.05, 4.69) is 31.8 Å². The van der Waals surface area contributed by atoms with E-state index in [-0.39, 0.29) is 0 Å². The molecule has 0 spiro atoms. The number of nitrogens with zero attached hydrogens (tertiary/aromatic N) is 2. The Bertz CT molecular complexity index is 46.4. The molecular formula is C5H14N2S. The molecule has 3 heteroatoms. The molecule has 0 unspecified atom stereocenters. The van der Waals surface area contributed by atoms with Crippen molar-refractivity contribution in [2.45, 2.75) is 0 Å². The minimum absolute atomic E-state index is 1.01. The zero-order chi connectivity index (χ0) is 6.57. The number of hydrogen-bond donors (Lipinski definition) is 1. The van der Waals surface area contributed by atoms with Gasteiger partial charge in [0.05, 0.1) is 0 Å². The molecule has 0 aliphatic carbocycles. The maximum atomic E-state index is 4.08. The van der Waals surface area contributed by atoms with Crippen molar-refractivity contribution in [3.8, 4) is 0 Å². The molecule has 2 nitrogen and oxygen atoms in total. The molecule has 0 aliphatic rings. The Kier molecular flexibility index (Phi) is 4.32. The molecule has 8 heavy (non-hydrogen) atoms. The normalized spacial score (nSPS) is 11.2. The van der Waals surface area contributed by atoms with Gasteiger partial charge in [-0.1, -0.05) is 12.8 Å². The first kappa shape index (κ1) is 8.27. The highest BCUT2D eigenvalue weighted by molar-refractivity contribution is 7.77. The number of thiol groups is 1. The van der Waals surface area contributed by atoms with Crippen molar-refractivity contribution in [2.75, 3.05) is 34.2 Å². The Balaban J connectivity index is 2.93. The molecule has 0 aromatic heterocycles. The van der Waals surface area contributed by atoms with Gasteiger partial charge in [0, 0.05) is 13.1 Å². The van der Waals surface area contributed by atoms with Crippen LogP contribution in [0.2, 0.25) is 0 Å². The lowest BCUT2D eigenvalue weighted by Crippen LogP contribution is -2.22. The largest absolute Gasteiger partial charge is 0.308 e. The van der Waals surface area contributed by atoms with E-state index in [1.807, 2.05) is 11.4 Å². The van der Waals surface area contributed by atoms with Crippen LogP contribution in [0.25, 0.3) is 0 Å². The molecule has 0 bridgehead atoms. The highest BCUT2D eigenvalue weighted by Gasteiger charge is 1.90. The Hall–Kier alpha value is 0.270. The molecule has 0 aromatic carbocycles. The maximum Gasteiger partial charge on any atom is 0.0212 e. The van der Waals surface area contributed by atoms with Crippen molar-refractivity contribution in [3.63, 3.8) is 0 Å². The van der Waals surface area contributed by atoms with Crippen LogP contribution in [-0.4, -0.2) is 43.4 Å². The zero-order valence-electron chi connectivity index (χ0n) is 5.76. The monoisotopic (exact) mass is 134 g/mol. The summed E-state index contributed by atoms with van der Waals surface area (Å²) in [5.41, 5.74) is 0. The van der Waals surface area contributed by atoms with Crippen LogP contribution in [0.15, 0.2) is 0 Å². The second-order valence-electron chi connectivity index (χ2n) is 2.18. The summed E-state index contributed by atoms with van der Waals surface area (Å²) in [6.07, 6.45) is 0. The third kappa shape index (κ3) is 6.27. The van der Waals surface area contributed by atoms with Gasteiger partial charge in [0.25, 0.3) is 0 Å². The number of likely N-dealkylation sites (N-methyl/N-ethyl adjacent to an activating group) is 2. The first-order chi connectivity index (χ1) is 3.63. The maximum absolute atomic E-state index is 4.08. The van der Waals surface area contributed by atoms with Crippen LogP contribution in [-0.2, 0) is 0 Å². The van der Waals surface area contributed by atoms with Gasteiger partial charge in [-0.2, -0.15) is 0 Å². The van der Waals surface area contributed by atoms with E-state index < -0.39 is 0 Å². The molecule has 0 aromatic rings. The summed E-state index contributed by atoms with van der Waals surface area (Å²) < 4.78 is 1.88. The average Bonchev–Trinajstić information content (AvgIpc) is 1.61. The van der Waals surface area contributed by atoms with Crippen molar-refractivity contribution in [1.29, 1.82) is 0 Å². The van der Waals surface area contributed by atoms with Crippen LogP contribution >= 0.6 is 12.8 Å². The summed E-state index contributed by atoms with van der Waals surface area (Å²) in [5, 5.41) is 0. The van der Waals surface area contributed by atoms with Gasteiger partial charge in [-0.3, -0.25) is 4.31 Å². The minimum Gasteiger partial charge on any atom is -0.308 e. The lowest BCUT2D eigenvalue weighted by atomic mass is 10.6. The van der Waals surface area contributed by atoms with Gasteiger partial charge in [-0.05, 0) is 21.1 Å². The molecule has 0 fully saturated rings. The van der Waals surface area contributed by atoms with Gasteiger partial charge in [0.15, 0.2) is 0 Å². The molecule has 0 atom stereocenters. The SMILES string of the molecule is CN(C)CCN(C)S. The van der Waals surface area contributed by atoms with E-state index in [1.165, 1.54) is 0 Å². The molecule has 0 heterocycles. The smallest absolute Gasteiger partial charge is 0.0212 e. The summed E-state index contributed by atoms with van der Waals surface area (Å²) in [5.74, 6) is 0. The first-order valence-corrected chi connectivity index (χ1v) is 3.07. The molecular weight excluding hydrogens is 120 g/mol. The molecule has 0 rings (SSSR count). The fourth-order valence-electron chi connectivity index (χ4n) is 0.345. The van der Waals surface area contributed by atoms with Crippen molar-refractivity contribution in [3.05, 3.63) is 0 Å². The number of rotatable bonds is 3. The van der Waals surface area contributed by atoms with Crippen molar-refractivity contribution < 1.29 is 0 Å². The van der Waals surface area contributed by atoms with E-state index in [9.17, 15) is 0 Å². The van der Waals surface area contributed by atoms with Gasteiger partial charge in [0.1, 0.15) is 0 Å². The molecule has 0 N–H and O–H groups in total. The second kappa shape index (κ2) is 4.18. The van der Waals surface area contributed by atoms with E-state index in [1.54, 1.807) is 0 Å². The van der Waals surface area contributed by atoms with Crippen LogP contribution < -0.4 is 0 Å². The summed E-state index contributed by atoms with van der Waals surface area (Å²) >= 11 is 4.08. The van der Waals surface area contributed by atoms with E-state index in [0.29, 0.717) is 0 Å². The third-order valence-corrected chi connectivity index (χ3v) is 1.07. The molecule has 0 radical (unpaired) electrons. The highest BCUT2D eigenvalue weighted by Crippen LogP contribution is 1.84. The fourth-order valence-corrected chi connectivity index (χ4v) is 0.434. The lowest BCUT2D eigenvalue weighted by molar-refractivity contribution is 0.374. The van der Waals surface area contributed by atoms with Gasteiger partial charge in [-0.25, -0.2) is 0 Å². The lowest BCUT2D eigenvalue weighted by Gasteiger charge is -2.12. The van der Waals surface area contributed by atoms with Crippen LogP contribution in [0.4, 0.5) is 0 Å². The third-order valence-electron chi connectivity index (χ3n) is 0.871. The Morgan fingerprint density at radius 1 is 1.12 bits per heavy atom. The van der Waals surface area contributed by atoms with Crippen molar-refractivity contribution in [2.24, 2.45) is 0 Å². The summed E-state index contributed by atoms with van der Waals surface area (Å²) in [6.45, 7) is 2.08. The van der Waals surface area contributed by atoms with Gasteiger partial charge >= 0.3 is 0 Å². The molecule has 50 valence electrons.